The Kier molecular flexibility index (Phi) is 8.47. The Bertz CT molecular complexity index is 1170. The summed E-state index contributed by atoms with van der Waals surface area (Å²) in [6, 6.07) is 18.4. The number of carbonyl (C=O) groups excluding carboxylic acids is 3. The van der Waals surface area contributed by atoms with Gasteiger partial charge in [-0.3, -0.25) is 14.4 Å². The van der Waals surface area contributed by atoms with E-state index in [1.54, 1.807) is 11.9 Å². The summed E-state index contributed by atoms with van der Waals surface area (Å²) < 4.78 is 5.83. The van der Waals surface area contributed by atoms with Crippen molar-refractivity contribution in [2.45, 2.75) is 25.5 Å². The Morgan fingerprint density at radius 3 is 2.49 bits per heavy atom. The lowest BCUT2D eigenvalue weighted by atomic mass is 9.73. The smallest absolute Gasteiger partial charge is 0.256 e. The Morgan fingerprint density at radius 2 is 1.81 bits per heavy atom. The second-order valence-corrected chi connectivity index (χ2v) is 9.33. The maximum absolute atomic E-state index is 13.7. The van der Waals surface area contributed by atoms with Gasteiger partial charge in [-0.2, -0.15) is 5.10 Å². The first-order valence-electron chi connectivity index (χ1n) is 12.4. The van der Waals surface area contributed by atoms with Crippen LogP contribution in [0.4, 0.5) is 0 Å². The van der Waals surface area contributed by atoms with Crippen LogP contribution in [0.5, 0.6) is 0 Å². The Balaban J connectivity index is 1.52. The molecule has 1 fully saturated rings. The average molecular weight is 504 g/mol. The van der Waals surface area contributed by atoms with Crippen LogP contribution < -0.4 is 11.1 Å². The molecule has 3 amide bonds. The van der Waals surface area contributed by atoms with Gasteiger partial charge in [-0.05, 0) is 17.5 Å². The van der Waals surface area contributed by atoms with Crippen molar-refractivity contribution in [1.82, 2.24) is 15.2 Å². The third-order valence-electron chi connectivity index (χ3n) is 6.68. The van der Waals surface area contributed by atoms with Gasteiger partial charge in [0.05, 0.1) is 18.9 Å². The monoisotopic (exact) mass is 503 g/mol. The Morgan fingerprint density at radius 1 is 1.14 bits per heavy atom. The quantitative estimate of drug-likeness (QED) is 0.477. The van der Waals surface area contributed by atoms with Crippen LogP contribution in [0.25, 0.3) is 0 Å². The van der Waals surface area contributed by atoms with Crippen LogP contribution in [0.2, 0.25) is 0 Å². The number of amides is 3. The van der Waals surface area contributed by atoms with Crippen LogP contribution in [0.3, 0.4) is 0 Å². The summed E-state index contributed by atoms with van der Waals surface area (Å²) in [4.78, 5) is 41.2. The molecule has 2 unspecified atom stereocenters. The highest BCUT2D eigenvalue weighted by atomic mass is 16.5. The number of hydrazone groups is 1. The highest BCUT2D eigenvalue weighted by molar-refractivity contribution is 6.13. The van der Waals surface area contributed by atoms with Crippen molar-refractivity contribution in [3.8, 4) is 0 Å². The number of benzene rings is 2. The molecule has 2 aliphatic heterocycles. The normalized spacial score (nSPS) is 20.1. The van der Waals surface area contributed by atoms with Gasteiger partial charge in [0.2, 0.25) is 11.8 Å². The summed E-state index contributed by atoms with van der Waals surface area (Å²) in [5, 5.41) is 8.65. The second kappa shape index (κ2) is 11.9. The van der Waals surface area contributed by atoms with Crippen LogP contribution in [0.1, 0.15) is 17.5 Å². The number of carbonyl (C=O) groups is 3. The maximum atomic E-state index is 13.7. The molecule has 2 heterocycles. The van der Waals surface area contributed by atoms with Crippen molar-refractivity contribution in [1.29, 1.82) is 0 Å². The van der Waals surface area contributed by atoms with Gasteiger partial charge in [0, 0.05) is 39.2 Å². The standard InChI is InChI=1S/C28H33N5O4/c1-32-27(36)28(17-21-9-4-2-5-10-21)20-33(16-14-24(28)31-32)26(35)23(30-25(34)13-8-15-29)19-37-18-22-11-6-3-7-12-22/h2-13,23H,14-20,29H2,1H3,(H,30,34). The van der Waals surface area contributed by atoms with E-state index >= 15 is 0 Å². The van der Waals surface area contributed by atoms with Crippen LogP contribution in [0, 0.1) is 5.41 Å². The fourth-order valence-corrected chi connectivity index (χ4v) is 4.87. The number of nitrogens with zero attached hydrogens (tertiary/aromatic N) is 3. The van der Waals surface area contributed by atoms with E-state index in [9.17, 15) is 14.4 Å². The van der Waals surface area contributed by atoms with E-state index in [2.05, 4.69) is 10.4 Å². The lowest BCUT2D eigenvalue weighted by Gasteiger charge is -2.40. The molecule has 0 spiro atoms. The highest BCUT2D eigenvalue weighted by Gasteiger charge is 2.53. The summed E-state index contributed by atoms with van der Waals surface area (Å²) in [6.07, 6.45) is 3.76. The average Bonchev–Trinajstić information content (AvgIpc) is 3.16. The molecule has 4 rings (SSSR count). The lowest BCUT2D eigenvalue weighted by Crippen LogP contribution is -2.59. The summed E-state index contributed by atoms with van der Waals surface area (Å²) in [6.45, 7) is 1.10. The number of piperidine rings is 1. The van der Waals surface area contributed by atoms with E-state index in [0.29, 0.717) is 26.0 Å². The molecule has 0 aromatic heterocycles. The third-order valence-corrected chi connectivity index (χ3v) is 6.68. The molecule has 0 aliphatic carbocycles. The van der Waals surface area contributed by atoms with Crippen LogP contribution >= 0.6 is 0 Å². The molecule has 0 radical (unpaired) electrons. The predicted octanol–water partition coefficient (Wildman–Crippen LogP) is 1.49. The minimum Gasteiger partial charge on any atom is -0.374 e. The first kappa shape index (κ1) is 26.2. The largest absolute Gasteiger partial charge is 0.374 e. The number of hydrogen-bond acceptors (Lipinski definition) is 6. The molecule has 9 nitrogen and oxygen atoms in total. The Hall–Kier alpha value is -3.82. The number of fused-ring (bicyclic) bond motifs is 1. The van der Waals surface area contributed by atoms with Gasteiger partial charge in [0.25, 0.3) is 5.91 Å². The molecular weight excluding hydrogens is 470 g/mol. The third kappa shape index (κ3) is 6.12. The zero-order chi connectivity index (χ0) is 26.3. The fraction of sp³-hybridized carbons (Fsp3) is 0.357. The topological polar surface area (TPSA) is 117 Å². The van der Waals surface area contributed by atoms with Crippen LogP contribution in [-0.2, 0) is 32.1 Å². The number of nitrogens with one attached hydrogen (secondary N) is 1. The molecular formula is C28H33N5O4. The molecule has 3 N–H and O–H groups in total. The molecule has 0 saturated carbocycles. The first-order valence-corrected chi connectivity index (χ1v) is 12.4. The number of likely N-dealkylation sites (tertiary alicyclic amines) is 1. The van der Waals surface area contributed by atoms with Gasteiger partial charge in [-0.25, -0.2) is 5.01 Å². The summed E-state index contributed by atoms with van der Waals surface area (Å²) in [5.41, 5.74) is 7.29. The molecule has 2 atom stereocenters. The van der Waals surface area contributed by atoms with E-state index < -0.39 is 17.4 Å². The van der Waals surface area contributed by atoms with Crippen molar-refractivity contribution in [2.75, 3.05) is 33.3 Å². The minimum absolute atomic E-state index is 0.00703. The Labute approximate surface area is 216 Å². The van der Waals surface area contributed by atoms with Crippen LogP contribution in [0.15, 0.2) is 77.9 Å². The van der Waals surface area contributed by atoms with E-state index in [1.807, 2.05) is 60.7 Å². The molecule has 2 aromatic rings. The van der Waals surface area contributed by atoms with Gasteiger partial charge in [-0.1, -0.05) is 66.7 Å². The molecule has 2 aliphatic rings. The number of ether oxygens (including phenoxy) is 1. The van der Waals surface area contributed by atoms with Crippen molar-refractivity contribution in [3.63, 3.8) is 0 Å². The second-order valence-electron chi connectivity index (χ2n) is 9.33. The predicted molar refractivity (Wildman–Crippen MR) is 140 cm³/mol. The van der Waals surface area contributed by atoms with Crippen molar-refractivity contribution in [3.05, 3.63) is 83.9 Å². The number of hydrogen-bond donors (Lipinski definition) is 2. The molecule has 0 bridgehead atoms. The van der Waals surface area contributed by atoms with Gasteiger partial charge in [0.1, 0.15) is 11.5 Å². The number of rotatable bonds is 10. The molecule has 1 saturated heterocycles. The highest BCUT2D eigenvalue weighted by Crippen LogP contribution is 2.38. The summed E-state index contributed by atoms with van der Waals surface area (Å²) in [7, 11) is 1.65. The van der Waals surface area contributed by atoms with Gasteiger partial charge in [0.15, 0.2) is 0 Å². The SMILES string of the molecule is CN1N=C2CCN(C(=O)C(COCc3ccccc3)NC(=O)C=CCN)CC2(Cc2ccccc2)C1=O. The van der Waals surface area contributed by atoms with E-state index in [-0.39, 0.29) is 31.5 Å². The maximum Gasteiger partial charge on any atom is 0.256 e. The number of nitrogens with two attached hydrogens (primary N) is 1. The van der Waals surface area contributed by atoms with Crippen molar-refractivity contribution in [2.24, 2.45) is 16.3 Å². The van der Waals surface area contributed by atoms with Crippen LogP contribution in [-0.4, -0.2) is 72.7 Å². The van der Waals surface area contributed by atoms with E-state index in [0.717, 1.165) is 16.8 Å². The lowest BCUT2D eigenvalue weighted by molar-refractivity contribution is -0.142. The van der Waals surface area contributed by atoms with Gasteiger partial charge in [-0.15, -0.1) is 0 Å². The van der Waals surface area contributed by atoms with Crippen molar-refractivity contribution < 1.29 is 19.1 Å². The van der Waals surface area contributed by atoms with E-state index in [1.165, 1.54) is 17.2 Å². The minimum atomic E-state index is -0.928. The molecule has 9 heteroatoms. The fourth-order valence-electron chi connectivity index (χ4n) is 4.87. The molecule has 194 valence electrons. The summed E-state index contributed by atoms with van der Waals surface area (Å²) in [5.74, 6) is -0.853. The first-order chi connectivity index (χ1) is 17.9. The van der Waals surface area contributed by atoms with Gasteiger partial charge < -0.3 is 20.7 Å². The molecule has 2 aromatic carbocycles. The van der Waals surface area contributed by atoms with E-state index in [4.69, 9.17) is 10.5 Å². The zero-order valence-corrected chi connectivity index (χ0v) is 21.0. The zero-order valence-electron chi connectivity index (χ0n) is 21.0. The molecule has 37 heavy (non-hydrogen) atoms. The van der Waals surface area contributed by atoms with Gasteiger partial charge >= 0.3 is 0 Å². The van der Waals surface area contributed by atoms with Crippen molar-refractivity contribution >= 4 is 23.4 Å². The summed E-state index contributed by atoms with van der Waals surface area (Å²) >= 11 is 0.